The third-order valence-corrected chi connectivity index (χ3v) is 6.66. The van der Waals surface area contributed by atoms with E-state index in [-0.39, 0.29) is 11.4 Å². The highest BCUT2D eigenvalue weighted by atomic mass is 32.2. The molecule has 2 aromatic carbocycles. The van der Waals surface area contributed by atoms with Crippen molar-refractivity contribution in [3.05, 3.63) is 64.6 Å². The number of carbonyl (C=O) groups excluding carboxylic acids is 1. The summed E-state index contributed by atoms with van der Waals surface area (Å²) in [5.74, 6) is 0.383. The maximum atomic E-state index is 12.5. The Morgan fingerprint density at radius 2 is 1.93 bits per heavy atom. The average molecular weight is 420 g/mol. The highest BCUT2D eigenvalue weighted by molar-refractivity contribution is 8.18. The van der Waals surface area contributed by atoms with Crippen LogP contribution in [-0.4, -0.2) is 22.7 Å². The van der Waals surface area contributed by atoms with Gasteiger partial charge in [0.25, 0.3) is 5.91 Å². The van der Waals surface area contributed by atoms with E-state index in [0.29, 0.717) is 22.0 Å². The van der Waals surface area contributed by atoms with E-state index in [1.807, 2.05) is 36.4 Å². The summed E-state index contributed by atoms with van der Waals surface area (Å²) < 4.78 is 0. The van der Waals surface area contributed by atoms with E-state index in [9.17, 15) is 4.79 Å². The van der Waals surface area contributed by atoms with Gasteiger partial charge in [-0.3, -0.25) is 4.79 Å². The Kier molecular flexibility index (Phi) is 5.49. The molecule has 1 fully saturated rings. The molecule has 1 N–H and O–H groups in total. The number of hydrogen-bond donors (Lipinski definition) is 1. The minimum Gasteiger partial charge on any atom is -0.364 e. The molecule has 0 spiro atoms. The first kappa shape index (κ1) is 20.7. The van der Waals surface area contributed by atoms with E-state index in [2.05, 4.69) is 68.0 Å². The third-order valence-electron chi connectivity index (χ3n) is 5.75. The average Bonchev–Trinajstić information content (AvgIpc) is 3.01. The highest BCUT2D eigenvalue weighted by Gasteiger charge is 2.37. The number of hydrogen-bond acceptors (Lipinski definition) is 4. The van der Waals surface area contributed by atoms with Gasteiger partial charge in [0.1, 0.15) is 0 Å². The van der Waals surface area contributed by atoms with Gasteiger partial charge in [0, 0.05) is 17.3 Å². The fraction of sp³-hybridized carbons (Fsp3) is 0.360. The lowest BCUT2D eigenvalue weighted by Gasteiger charge is -2.50. The predicted octanol–water partition coefficient (Wildman–Crippen LogP) is 6.08. The molecule has 5 heteroatoms. The van der Waals surface area contributed by atoms with Crippen molar-refractivity contribution in [1.82, 2.24) is 5.32 Å². The van der Waals surface area contributed by atoms with Crippen molar-refractivity contribution in [3.8, 4) is 0 Å². The van der Waals surface area contributed by atoms with E-state index in [1.165, 1.54) is 23.0 Å². The third kappa shape index (κ3) is 4.04. The molecular formula is C25H29N3OS. The molecule has 156 valence electrons. The van der Waals surface area contributed by atoms with Crippen molar-refractivity contribution in [2.45, 2.75) is 58.5 Å². The van der Waals surface area contributed by atoms with Crippen molar-refractivity contribution >= 4 is 40.3 Å². The zero-order valence-corrected chi connectivity index (χ0v) is 19.1. The number of benzene rings is 2. The molecule has 2 heterocycles. The first-order valence-corrected chi connectivity index (χ1v) is 11.3. The number of thioether (sulfide) groups is 1. The fourth-order valence-electron chi connectivity index (χ4n) is 4.79. The van der Waals surface area contributed by atoms with E-state index in [4.69, 9.17) is 0 Å². The fourth-order valence-corrected chi connectivity index (χ4v) is 5.63. The number of rotatable bonds is 3. The predicted molar refractivity (Wildman–Crippen MR) is 128 cm³/mol. The normalized spacial score (nSPS) is 23.2. The highest BCUT2D eigenvalue weighted by Crippen LogP contribution is 2.45. The molecule has 1 amide bonds. The second-order valence-corrected chi connectivity index (χ2v) is 10.0. The molecule has 2 aliphatic rings. The number of amides is 1. The van der Waals surface area contributed by atoms with Crippen LogP contribution >= 0.6 is 11.8 Å². The van der Waals surface area contributed by atoms with Crippen LogP contribution in [-0.2, 0) is 4.79 Å². The van der Waals surface area contributed by atoms with Crippen LogP contribution in [0.5, 0.6) is 0 Å². The minimum atomic E-state index is -0.0922. The summed E-state index contributed by atoms with van der Waals surface area (Å²) in [5, 5.41) is 3.50. The van der Waals surface area contributed by atoms with Crippen LogP contribution in [0.1, 0.15) is 58.1 Å². The van der Waals surface area contributed by atoms with Gasteiger partial charge in [-0.05, 0) is 93.3 Å². The van der Waals surface area contributed by atoms with Gasteiger partial charge >= 0.3 is 0 Å². The molecule has 4 rings (SSSR count). The van der Waals surface area contributed by atoms with E-state index >= 15 is 0 Å². The number of nitrogens with zero attached hydrogens (tertiary/aromatic N) is 2. The lowest BCUT2D eigenvalue weighted by atomic mass is 9.79. The van der Waals surface area contributed by atoms with Crippen LogP contribution in [0.4, 0.5) is 11.4 Å². The van der Waals surface area contributed by atoms with E-state index in [1.54, 1.807) is 0 Å². The van der Waals surface area contributed by atoms with Crippen molar-refractivity contribution in [3.63, 3.8) is 0 Å². The molecule has 1 saturated heterocycles. The van der Waals surface area contributed by atoms with Crippen LogP contribution in [0.2, 0.25) is 0 Å². The van der Waals surface area contributed by atoms with E-state index < -0.39 is 0 Å². The molecule has 0 radical (unpaired) electrons. The van der Waals surface area contributed by atoms with Crippen LogP contribution in [0.15, 0.2) is 58.4 Å². The van der Waals surface area contributed by atoms with Crippen molar-refractivity contribution < 1.29 is 4.79 Å². The Hall–Kier alpha value is -2.53. The monoisotopic (exact) mass is 419 g/mol. The molecule has 2 aliphatic heterocycles. The first-order valence-electron chi connectivity index (χ1n) is 10.5. The van der Waals surface area contributed by atoms with Gasteiger partial charge in [0.05, 0.1) is 10.6 Å². The molecule has 0 aliphatic carbocycles. The Labute approximate surface area is 183 Å². The SMILES string of the molecule is CC(C)N1c2ccc(/C=C3\SC(=Nc4ccccc4)NC3=O)cc2[C@@H](C)CC1(C)C. The summed E-state index contributed by atoms with van der Waals surface area (Å²) in [5.41, 5.74) is 4.69. The second-order valence-electron chi connectivity index (χ2n) is 9.02. The quantitative estimate of drug-likeness (QED) is 0.613. The number of nitrogens with one attached hydrogen (secondary N) is 1. The summed E-state index contributed by atoms with van der Waals surface area (Å²) in [6.07, 6.45) is 3.08. The lowest BCUT2D eigenvalue weighted by Crippen LogP contribution is -2.51. The molecule has 2 aromatic rings. The maximum Gasteiger partial charge on any atom is 0.264 e. The molecule has 4 nitrogen and oxygen atoms in total. The number of amidine groups is 1. The number of carbonyl (C=O) groups is 1. The van der Waals surface area contributed by atoms with Gasteiger partial charge in [0.15, 0.2) is 5.17 Å². The number of para-hydroxylation sites is 1. The van der Waals surface area contributed by atoms with Crippen LogP contribution in [0, 0.1) is 0 Å². The summed E-state index contributed by atoms with van der Waals surface area (Å²) in [6, 6.07) is 16.7. The van der Waals surface area contributed by atoms with E-state index in [0.717, 1.165) is 17.7 Å². The summed E-state index contributed by atoms with van der Waals surface area (Å²) in [7, 11) is 0. The Bertz CT molecular complexity index is 1020. The van der Waals surface area contributed by atoms with Gasteiger partial charge in [-0.15, -0.1) is 0 Å². The van der Waals surface area contributed by atoms with Gasteiger partial charge in [-0.25, -0.2) is 4.99 Å². The minimum absolute atomic E-state index is 0.0922. The zero-order valence-electron chi connectivity index (χ0n) is 18.3. The van der Waals surface area contributed by atoms with Crippen LogP contribution < -0.4 is 10.2 Å². The standard InChI is InChI=1S/C25H29N3OS/c1-16(2)28-21-12-11-18(13-20(21)17(3)15-25(28,4)5)14-22-23(29)27-24(30-22)26-19-9-7-6-8-10-19/h6-14,16-17H,15H2,1-5H3,(H,26,27,29)/b22-14-/t17-/m0/s1. The number of fused-ring (bicyclic) bond motifs is 1. The summed E-state index contributed by atoms with van der Waals surface area (Å²) in [4.78, 5) is 20.2. The second kappa shape index (κ2) is 7.95. The summed E-state index contributed by atoms with van der Waals surface area (Å²) in [6.45, 7) is 11.5. The zero-order chi connectivity index (χ0) is 21.5. The van der Waals surface area contributed by atoms with Crippen LogP contribution in [0.25, 0.3) is 6.08 Å². The summed E-state index contributed by atoms with van der Waals surface area (Å²) >= 11 is 1.39. The number of anilines is 1. The molecule has 0 aromatic heterocycles. The van der Waals surface area contributed by atoms with Crippen molar-refractivity contribution in [2.75, 3.05) is 4.90 Å². The smallest absolute Gasteiger partial charge is 0.264 e. The molecule has 1 atom stereocenters. The van der Waals surface area contributed by atoms with Gasteiger partial charge in [-0.2, -0.15) is 0 Å². The molecule has 0 bridgehead atoms. The Morgan fingerprint density at radius 1 is 1.20 bits per heavy atom. The van der Waals surface area contributed by atoms with Gasteiger partial charge < -0.3 is 10.2 Å². The Morgan fingerprint density at radius 3 is 2.63 bits per heavy atom. The largest absolute Gasteiger partial charge is 0.364 e. The molecule has 30 heavy (non-hydrogen) atoms. The topological polar surface area (TPSA) is 44.7 Å². The molecule has 0 saturated carbocycles. The Balaban J connectivity index is 1.63. The number of aliphatic imine (C=N–C) groups is 1. The lowest BCUT2D eigenvalue weighted by molar-refractivity contribution is -0.115. The molecular weight excluding hydrogens is 390 g/mol. The van der Waals surface area contributed by atoms with Crippen LogP contribution in [0.3, 0.4) is 0 Å². The van der Waals surface area contributed by atoms with Gasteiger partial charge in [0.2, 0.25) is 0 Å². The van der Waals surface area contributed by atoms with Crippen molar-refractivity contribution in [1.29, 1.82) is 0 Å². The molecule has 0 unspecified atom stereocenters. The van der Waals surface area contributed by atoms with Gasteiger partial charge in [-0.1, -0.05) is 31.2 Å². The van der Waals surface area contributed by atoms with Crippen molar-refractivity contribution in [2.24, 2.45) is 4.99 Å². The maximum absolute atomic E-state index is 12.5. The first-order chi connectivity index (χ1) is 14.2.